The van der Waals surface area contributed by atoms with Crippen LogP contribution >= 0.6 is 11.9 Å². The Morgan fingerprint density at radius 2 is 1.55 bits per heavy atom. The predicted molar refractivity (Wildman–Crippen MR) is 149 cm³/mol. The van der Waals surface area contributed by atoms with Gasteiger partial charge in [0.1, 0.15) is 16.8 Å². The van der Waals surface area contributed by atoms with E-state index in [0.29, 0.717) is 11.5 Å². The zero-order chi connectivity index (χ0) is 30.1. The van der Waals surface area contributed by atoms with Crippen molar-refractivity contribution in [3.05, 3.63) is 88.0 Å². The third kappa shape index (κ3) is 5.74. The zero-order valence-electron chi connectivity index (χ0n) is 22.4. The number of nitrogens with zero attached hydrogens (tertiary/aromatic N) is 2. The molecule has 2 aliphatic rings. The summed E-state index contributed by atoms with van der Waals surface area (Å²) in [5, 5.41) is 7.45. The van der Waals surface area contributed by atoms with E-state index in [0.717, 1.165) is 30.0 Å². The highest BCUT2D eigenvalue weighted by Gasteiger charge is 2.41. The number of amides is 1. The van der Waals surface area contributed by atoms with Crippen LogP contribution in [-0.2, 0) is 11.3 Å². The average Bonchev–Trinajstić information content (AvgIpc) is 2.99. The normalized spacial score (nSPS) is 17.6. The maximum absolute atomic E-state index is 15.3. The lowest BCUT2D eigenvalue weighted by Gasteiger charge is -2.41. The molecule has 1 saturated carbocycles. The van der Waals surface area contributed by atoms with E-state index in [2.05, 4.69) is 0 Å². The van der Waals surface area contributed by atoms with Crippen LogP contribution in [-0.4, -0.2) is 29.0 Å². The standard InChI is InChI=1S/C30H28F6N4OS/c31-20-12-19(14-37)21(38)13-23(20)39(15-16-6-8-18(9-7-16)17-4-2-1-3-5-17)30(41)22-10-11-40(22)42-29-27(35)25(33)24(32)26(34)28(29)36/h6-9,12-14,17,22,37H,1-5,10-11,15,38H2/t22-/m1/s1. The van der Waals surface area contributed by atoms with Gasteiger partial charge in [0, 0.05) is 24.0 Å². The quantitative estimate of drug-likeness (QED) is 0.0697. The first-order chi connectivity index (χ1) is 20.1. The molecule has 0 bridgehead atoms. The highest BCUT2D eigenvalue weighted by atomic mass is 32.2. The summed E-state index contributed by atoms with van der Waals surface area (Å²) in [7, 11) is 0. The lowest BCUT2D eigenvalue weighted by atomic mass is 9.84. The van der Waals surface area contributed by atoms with Gasteiger partial charge in [0.25, 0.3) is 0 Å². The van der Waals surface area contributed by atoms with Crippen molar-refractivity contribution in [2.75, 3.05) is 17.2 Å². The molecule has 5 nitrogen and oxygen atoms in total. The maximum Gasteiger partial charge on any atom is 0.245 e. The fourth-order valence-electron chi connectivity index (χ4n) is 5.40. The molecule has 2 fully saturated rings. The summed E-state index contributed by atoms with van der Waals surface area (Å²) in [5.74, 6) is -11.4. The zero-order valence-corrected chi connectivity index (χ0v) is 23.2. The van der Waals surface area contributed by atoms with Gasteiger partial charge in [-0.15, -0.1) is 0 Å². The van der Waals surface area contributed by atoms with Crippen LogP contribution in [0.4, 0.5) is 37.7 Å². The van der Waals surface area contributed by atoms with Crippen molar-refractivity contribution >= 4 is 35.4 Å². The summed E-state index contributed by atoms with van der Waals surface area (Å²) < 4.78 is 86.3. The molecular weight excluding hydrogens is 578 g/mol. The molecule has 1 heterocycles. The number of carbonyl (C=O) groups is 1. The van der Waals surface area contributed by atoms with Gasteiger partial charge in [-0.05, 0) is 60.4 Å². The van der Waals surface area contributed by atoms with Gasteiger partial charge in [0.05, 0.1) is 12.2 Å². The Morgan fingerprint density at radius 1 is 0.929 bits per heavy atom. The Kier molecular flexibility index (Phi) is 8.84. The number of benzene rings is 3. The van der Waals surface area contributed by atoms with Crippen LogP contribution in [0.3, 0.4) is 0 Å². The minimum absolute atomic E-state index is 0.0630. The largest absolute Gasteiger partial charge is 0.398 e. The maximum atomic E-state index is 15.3. The van der Waals surface area contributed by atoms with Gasteiger partial charge in [-0.1, -0.05) is 43.5 Å². The Bertz CT molecular complexity index is 1480. The van der Waals surface area contributed by atoms with Crippen LogP contribution in [0.5, 0.6) is 0 Å². The fourth-order valence-corrected chi connectivity index (χ4v) is 6.50. The number of nitrogens with two attached hydrogens (primary N) is 1. The molecule has 3 aromatic carbocycles. The molecule has 0 spiro atoms. The molecule has 222 valence electrons. The van der Waals surface area contributed by atoms with E-state index in [1.807, 2.05) is 24.3 Å². The summed E-state index contributed by atoms with van der Waals surface area (Å²) in [4.78, 5) is 13.9. The summed E-state index contributed by atoms with van der Waals surface area (Å²) in [6, 6.07) is 8.93. The first-order valence-corrected chi connectivity index (χ1v) is 14.3. The second kappa shape index (κ2) is 12.4. The lowest BCUT2D eigenvalue weighted by Crippen LogP contribution is -2.54. The van der Waals surface area contributed by atoms with Gasteiger partial charge in [-0.25, -0.2) is 30.6 Å². The molecule has 1 amide bonds. The third-order valence-corrected chi connectivity index (χ3v) is 9.11. The first kappa shape index (κ1) is 30.0. The average molecular weight is 607 g/mol. The Morgan fingerprint density at radius 3 is 2.12 bits per heavy atom. The lowest BCUT2D eigenvalue weighted by molar-refractivity contribution is -0.124. The van der Waals surface area contributed by atoms with Crippen molar-refractivity contribution in [2.24, 2.45) is 0 Å². The number of hydrogen-bond donors (Lipinski definition) is 2. The molecule has 3 aromatic rings. The first-order valence-electron chi connectivity index (χ1n) is 13.6. The number of carbonyl (C=O) groups excluding carboxylic acids is 1. The second-order valence-electron chi connectivity index (χ2n) is 10.5. The highest BCUT2D eigenvalue weighted by molar-refractivity contribution is 7.97. The molecule has 1 aliphatic carbocycles. The predicted octanol–water partition coefficient (Wildman–Crippen LogP) is 7.46. The number of nitrogen functional groups attached to an aromatic ring is 1. The number of rotatable bonds is 8. The number of anilines is 2. The third-order valence-electron chi connectivity index (χ3n) is 7.90. The van der Waals surface area contributed by atoms with Gasteiger partial charge in [-0.3, -0.25) is 4.79 Å². The van der Waals surface area contributed by atoms with E-state index in [1.54, 1.807) is 0 Å². The van der Waals surface area contributed by atoms with E-state index in [1.165, 1.54) is 35.2 Å². The molecule has 1 aliphatic heterocycles. The van der Waals surface area contributed by atoms with Crippen molar-refractivity contribution in [3.8, 4) is 0 Å². The van der Waals surface area contributed by atoms with Crippen LogP contribution in [0.1, 0.15) is 61.1 Å². The fraction of sp³-hybridized carbons (Fsp3) is 0.333. The Balaban J connectivity index is 1.44. The van der Waals surface area contributed by atoms with Crippen molar-refractivity contribution in [3.63, 3.8) is 0 Å². The molecule has 12 heteroatoms. The van der Waals surface area contributed by atoms with Crippen molar-refractivity contribution < 1.29 is 31.1 Å². The number of nitrogens with one attached hydrogen (secondary N) is 1. The minimum atomic E-state index is -2.27. The molecule has 42 heavy (non-hydrogen) atoms. The summed E-state index contributed by atoms with van der Waals surface area (Å²) in [6.07, 6.45) is 6.85. The topological polar surface area (TPSA) is 73.4 Å². The van der Waals surface area contributed by atoms with Gasteiger partial charge >= 0.3 is 0 Å². The van der Waals surface area contributed by atoms with Gasteiger partial charge < -0.3 is 16.0 Å². The van der Waals surface area contributed by atoms with Crippen molar-refractivity contribution in [1.82, 2.24) is 4.31 Å². The Hall–Kier alpha value is -3.51. The van der Waals surface area contributed by atoms with Gasteiger partial charge in [0.15, 0.2) is 23.3 Å². The smallest absolute Gasteiger partial charge is 0.245 e. The van der Waals surface area contributed by atoms with E-state index in [-0.39, 0.29) is 48.4 Å². The van der Waals surface area contributed by atoms with E-state index in [4.69, 9.17) is 11.1 Å². The molecule has 1 atom stereocenters. The van der Waals surface area contributed by atoms with Gasteiger partial charge in [-0.2, -0.15) is 0 Å². The Labute approximate surface area is 243 Å². The summed E-state index contributed by atoms with van der Waals surface area (Å²) in [6.45, 7) is 0.0451. The molecular formula is C30H28F6N4OS. The van der Waals surface area contributed by atoms with Crippen molar-refractivity contribution in [2.45, 2.75) is 61.9 Å². The molecule has 1 saturated heterocycles. The molecule has 0 radical (unpaired) electrons. The van der Waals surface area contributed by atoms with E-state index < -0.39 is 51.7 Å². The molecule has 5 rings (SSSR count). The molecule has 0 unspecified atom stereocenters. The number of halogens is 6. The highest BCUT2D eigenvalue weighted by Crippen LogP contribution is 2.39. The van der Waals surface area contributed by atoms with E-state index in [9.17, 15) is 26.7 Å². The van der Waals surface area contributed by atoms with Crippen LogP contribution in [0.25, 0.3) is 0 Å². The van der Waals surface area contributed by atoms with Crippen LogP contribution in [0.15, 0.2) is 41.3 Å². The monoisotopic (exact) mass is 606 g/mol. The van der Waals surface area contributed by atoms with Crippen LogP contribution in [0.2, 0.25) is 0 Å². The molecule has 3 N–H and O–H groups in total. The second-order valence-corrected chi connectivity index (χ2v) is 11.6. The number of hydrogen-bond acceptors (Lipinski definition) is 5. The van der Waals surface area contributed by atoms with Gasteiger partial charge in [0.2, 0.25) is 11.7 Å². The molecule has 0 aromatic heterocycles. The van der Waals surface area contributed by atoms with Crippen LogP contribution in [0, 0.1) is 40.3 Å². The SMILES string of the molecule is N=Cc1cc(F)c(N(Cc2ccc(C3CCCCC3)cc2)C(=O)[C@H]2CCN2Sc2c(F)c(F)c(F)c(F)c2F)cc1N. The van der Waals surface area contributed by atoms with Crippen LogP contribution < -0.4 is 10.6 Å². The van der Waals surface area contributed by atoms with E-state index >= 15 is 4.39 Å². The summed E-state index contributed by atoms with van der Waals surface area (Å²) in [5.41, 5.74) is 7.90. The summed E-state index contributed by atoms with van der Waals surface area (Å²) >= 11 is 0.248. The van der Waals surface area contributed by atoms with Crippen molar-refractivity contribution in [1.29, 1.82) is 5.41 Å². The minimum Gasteiger partial charge on any atom is -0.398 e.